The van der Waals surface area contributed by atoms with Crippen LogP contribution in [0, 0.1) is 18.3 Å². The molecule has 0 radical (unpaired) electrons. The van der Waals surface area contributed by atoms with Gasteiger partial charge in [0.05, 0.1) is 7.11 Å². The molecule has 102 valence electrons. The van der Waals surface area contributed by atoms with Gasteiger partial charge in [-0.25, -0.2) is 9.97 Å². The van der Waals surface area contributed by atoms with Crippen LogP contribution in [0.4, 0.5) is 5.82 Å². The lowest BCUT2D eigenvalue weighted by atomic mass is 10.1. The van der Waals surface area contributed by atoms with Crippen LogP contribution in [-0.2, 0) is 6.42 Å². The molecule has 0 atom stereocenters. The maximum absolute atomic E-state index is 8.87. The molecule has 0 unspecified atom stereocenters. The van der Waals surface area contributed by atoms with E-state index < -0.39 is 0 Å². The molecule has 1 aromatic carbocycles. The topological polar surface area (TPSA) is 70.8 Å². The number of ether oxygens (including phenoxy) is 1. The van der Waals surface area contributed by atoms with Crippen LogP contribution in [0.2, 0.25) is 0 Å². The molecule has 0 saturated heterocycles. The normalized spacial score (nSPS) is 9.85. The summed E-state index contributed by atoms with van der Waals surface area (Å²) >= 11 is 0. The highest BCUT2D eigenvalue weighted by Gasteiger charge is 2.01. The number of benzene rings is 1. The molecule has 1 N–H and O–H groups in total. The molecule has 0 bridgehead atoms. The van der Waals surface area contributed by atoms with Gasteiger partial charge in [-0.3, -0.25) is 0 Å². The van der Waals surface area contributed by atoms with Crippen LogP contribution >= 0.6 is 0 Å². The zero-order valence-electron chi connectivity index (χ0n) is 11.6. The van der Waals surface area contributed by atoms with Crippen LogP contribution in [0.1, 0.15) is 17.1 Å². The highest BCUT2D eigenvalue weighted by atomic mass is 16.5. The van der Waals surface area contributed by atoms with Crippen LogP contribution in [0.3, 0.4) is 0 Å². The number of hydrogen-bond acceptors (Lipinski definition) is 5. The van der Waals surface area contributed by atoms with Crippen molar-refractivity contribution in [2.24, 2.45) is 0 Å². The van der Waals surface area contributed by atoms with Crippen molar-refractivity contribution in [3.8, 4) is 11.8 Å². The molecular formula is C15H16N4O. The van der Waals surface area contributed by atoms with Gasteiger partial charge in [-0.1, -0.05) is 12.1 Å². The molecule has 0 fully saturated rings. The predicted molar refractivity (Wildman–Crippen MR) is 76.7 cm³/mol. The first-order valence-electron chi connectivity index (χ1n) is 6.34. The Labute approximate surface area is 118 Å². The highest BCUT2D eigenvalue weighted by Crippen LogP contribution is 2.13. The number of nitriles is 1. The number of aryl methyl sites for hydroxylation is 1. The molecule has 2 aromatic rings. The van der Waals surface area contributed by atoms with Gasteiger partial charge in [0.2, 0.25) is 0 Å². The molecule has 1 aromatic heterocycles. The van der Waals surface area contributed by atoms with E-state index in [4.69, 9.17) is 10.00 Å². The number of nitrogens with one attached hydrogen (secondary N) is 1. The van der Waals surface area contributed by atoms with E-state index in [-0.39, 0.29) is 0 Å². The lowest BCUT2D eigenvalue weighted by Crippen LogP contribution is -2.08. The van der Waals surface area contributed by atoms with Crippen LogP contribution < -0.4 is 10.1 Å². The second-order valence-electron chi connectivity index (χ2n) is 4.33. The summed E-state index contributed by atoms with van der Waals surface area (Å²) in [5.41, 5.74) is 1.56. The summed E-state index contributed by atoms with van der Waals surface area (Å²) in [6, 6.07) is 11.6. The van der Waals surface area contributed by atoms with Gasteiger partial charge < -0.3 is 10.1 Å². The fourth-order valence-corrected chi connectivity index (χ4v) is 1.88. The van der Waals surface area contributed by atoms with Gasteiger partial charge >= 0.3 is 0 Å². The summed E-state index contributed by atoms with van der Waals surface area (Å²) in [7, 11) is 1.66. The first-order chi connectivity index (χ1) is 9.71. The van der Waals surface area contributed by atoms with E-state index in [9.17, 15) is 0 Å². The van der Waals surface area contributed by atoms with Gasteiger partial charge in [-0.05, 0) is 31.0 Å². The maximum Gasteiger partial charge on any atom is 0.146 e. The van der Waals surface area contributed by atoms with E-state index in [1.807, 2.05) is 24.3 Å². The third-order valence-electron chi connectivity index (χ3n) is 2.81. The standard InChI is InChI=1S/C15H16N4O/c1-11-18-13(10-16)9-15(19-11)17-7-6-12-4-3-5-14(8-12)20-2/h3-5,8-9H,6-7H2,1-2H3,(H,17,18,19). The Morgan fingerprint density at radius 3 is 2.90 bits per heavy atom. The Kier molecular flexibility index (Phi) is 4.51. The molecule has 5 nitrogen and oxygen atoms in total. The summed E-state index contributed by atoms with van der Waals surface area (Å²) in [5.74, 6) is 2.12. The molecule has 5 heteroatoms. The van der Waals surface area contributed by atoms with Gasteiger partial charge in [0.25, 0.3) is 0 Å². The maximum atomic E-state index is 8.87. The second-order valence-corrected chi connectivity index (χ2v) is 4.33. The third kappa shape index (κ3) is 3.69. The monoisotopic (exact) mass is 268 g/mol. The van der Waals surface area contributed by atoms with Crippen molar-refractivity contribution in [2.75, 3.05) is 19.0 Å². The summed E-state index contributed by atoms with van der Waals surface area (Å²) in [5, 5.41) is 12.1. The van der Waals surface area contributed by atoms with E-state index in [0.717, 1.165) is 18.7 Å². The van der Waals surface area contributed by atoms with Crippen LogP contribution in [0.5, 0.6) is 5.75 Å². The minimum Gasteiger partial charge on any atom is -0.497 e. The van der Waals surface area contributed by atoms with Gasteiger partial charge in [0, 0.05) is 12.6 Å². The first kappa shape index (κ1) is 13.8. The van der Waals surface area contributed by atoms with Crippen LogP contribution in [-0.4, -0.2) is 23.6 Å². The molecule has 0 aliphatic rings. The van der Waals surface area contributed by atoms with E-state index in [2.05, 4.69) is 21.4 Å². The van der Waals surface area contributed by atoms with Crippen LogP contribution in [0.15, 0.2) is 30.3 Å². The third-order valence-corrected chi connectivity index (χ3v) is 2.81. The average Bonchev–Trinajstić information content (AvgIpc) is 2.47. The number of hydrogen-bond donors (Lipinski definition) is 1. The average molecular weight is 268 g/mol. The van der Waals surface area contributed by atoms with E-state index in [0.29, 0.717) is 17.3 Å². The first-order valence-corrected chi connectivity index (χ1v) is 6.34. The molecule has 2 rings (SSSR count). The second kappa shape index (κ2) is 6.53. The Bertz CT molecular complexity index is 634. The minimum absolute atomic E-state index is 0.376. The molecule has 0 saturated carbocycles. The number of anilines is 1. The number of rotatable bonds is 5. The van der Waals surface area contributed by atoms with Crippen molar-refractivity contribution >= 4 is 5.82 Å². The SMILES string of the molecule is COc1cccc(CCNc2cc(C#N)nc(C)n2)c1. The quantitative estimate of drug-likeness (QED) is 0.901. The van der Waals surface area contributed by atoms with Crippen molar-refractivity contribution in [3.63, 3.8) is 0 Å². The van der Waals surface area contributed by atoms with Gasteiger partial charge in [0.15, 0.2) is 0 Å². The Morgan fingerprint density at radius 1 is 1.30 bits per heavy atom. The number of aromatic nitrogens is 2. The van der Waals surface area contributed by atoms with Crippen molar-refractivity contribution < 1.29 is 4.74 Å². The molecule has 20 heavy (non-hydrogen) atoms. The Balaban J connectivity index is 1.96. The summed E-state index contributed by atoms with van der Waals surface area (Å²) in [6.45, 7) is 2.50. The molecular weight excluding hydrogens is 252 g/mol. The summed E-state index contributed by atoms with van der Waals surface area (Å²) < 4.78 is 5.19. The van der Waals surface area contributed by atoms with E-state index in [1.54, 1.807) is 20.1 Å². The zero-order valence-corrected chi connectivity index (χ0v) is 11.6. The van der Waals surface area contributed by atoms with E-state index in [1.165, 1.54) is 5.56 Å². The van der Waals surface area contributed by atoms with Crippen molar-refractivity contribution in [1.82, 2.24) is 9.97 Å². The largest absolute Gasteiger partial charge is 0.497 e. The molecule has 0 spiro atoms. The highest BCUT2D eigenvalue weighted by molar-refractivity contribution is 5.40. The van der Waals surface area contributed by atoms with Crippen molar-refractivity contribution in [1.29, 1.82) is 5.26 Å². The zero-order chi connectivity index (χ0) is 14.4. The fourth-order valence-electron chi connectivity index (χ4n) is 1.88. The molecule has 0 amide bonds. The van der Waals surface area contributed by atoms with Crippen LogP contribution in [0.25, 0.3) is 0 Å². The van der Waals surface area contributed by atoms with Crippen molar-refractivity contribution in [2.45, 2.75) is 13.3 Å². The molecule has 0 aliphatic heterocycles. The minimum atomic E-state index is 0.376. The molecule has 0 aliphatic carbocycles. The number of nitrogens with zero attached hydrogens (tertiary/aromatic N) is 3. The summed E-state index contributed by atoms with van der Waals surface area (Å²) in [4.78, 5) is 8.26. The Morgan fingerprint density at radius 2 is 2.15 bits per heavy atom. The smallest absolute Gasteiger partial charge is 0.146 e. The van der Waals surface area contributed by atoms with Crippen molar-refractivity contribution in [3.05, 3.63) is 47.4 Å². The fraction of sp³-hybridized carbons (Fsp3) is 0.267. The van der Waals surface area contributed by atoms with Gasteiger partial charge in [0.1, 0.15) is 29.2 Å². The Hall–Kier alpha value is -2.61. The number of methoxy groups -OCH3 is 1. The lowest BCUT2D eigenvalue weighted by Gasteiger charge is -2.07. The van der Waals surface area contributed by atoms with Gasteiger partial charge in [-0.15, -0.1) is 0 Å². The molecule has 1 heterocycles. The summed E-state index contributed by atoms with van der Waals surface area (Å²) in [6.07, 6.45) is 0.849. The van der Waals surface area contributed by atoms with E-state index >= 15 is 0 Å². The lowest BCUT2D eigenvalue weighted by molar-refractivity contribution is 0.414. The predicted octanol–water partition coefficient (Wildman–Crippen LogP) is 2.32. The van der Waals surface area contributed by atoms with Gasteiger partial charge in [-0.2, -0.15) is 5.26 Å².